The number of methoxy groups -OCH3 is 1. The summed E-state index contributed by atoms with van der Waals surface area (Å²) in [5.41, 5.74) is 1.23. The number of fused-ring (bicyclic) bond motifs is 1. The molecule has 1 aromatic heterocycles. The van der Waals surface area contributed by atoms with Crippen LogP contribution in [0, 0.1) is 18.2 Å². The molecule has 0 saturated heterocycles. The summed E-state index contributed by atoms with van der Waals surface area (Å²) < 4.78 is 24.2. The van der Waals surface area contributed by atoms with Gasteiger partial charge in [0.15, 0.2) is 11.5 Å². The minimum atomic E-state index is -0.332. The third-order valence-electron chi connectivity index (χ3n) is 3.32. The summed E-state index contributed by atoms with van der Waals surface area (Å²) in [6.07, 6.45) is 6.64. The van der Waals surface area contributed by atoms with Crippen LogP contribution in [0.5, 0.6) is 11.5 Å². The molecular formula is C18H15ClFN3O2. The second-order valence-corrected chi connectivity index (χ2v) is 4.87. The van der Waals surface area contributed by atoms with E-state index < -0.39 is 0 Å². The summed E-state index contributed by atoms with van der Waals surface area (Å²) in [5, 5.41) is 3.80. The monoisotopic (exact) mass is 359 g/mol. The molecule has 7 heteroatoms. The van der Waals surface area contributed by atoms with Crippen LogP contribution in [0.15, 0.2) is 42.7 Å². The molecule has 1 N–H and O–H groups in total. The van der Waals surface area contributed by atoms with E-state index >= 15 is 0 Å². The number of anilines is 2. The lowest BCUT2D eigenvalue weighted by atomic mass is 10.2. The molecule has 0 spiro atoms. The number of hydrogen-bond donors (Lipinski definition) is 1. The molecule has 128 valence electrons. The van der Waals surface area contributed by atoms with Gasteiger partial charge in [0, 0.05) is 17.1 Å². The smallest absolute Gasteiger partial charge is 0.164 e. The molecule has 1 heterocycles. The van der Waals surface area contributed by atoms with E-state index in [0.29, 0.717) is 33.9 Å². The van der Waals surface area contributed by atoms with E-state index in [4.69, 9.17) is 15.9 Å². The first-order valence-electron chi connectivity index (χ1n) is 7.13. The fraction of sp³-hybridized carbons (Fsp3) is 0.111. The molecule has 25 heavy (non-hydrogen) atoms. The number of nitrogens with one attached hydrogen (secondary N) is 1. The average Bonchev–Trinajstić information content (AvgIpc) is 2.59. The van der Waals surface area contributed by atoms with Crippen LogP contribution in [0.2, 0.25) is 0 Å². The van der Waals surface area contributed by atoms with Gasteiger partial charge in [-0.25, -0.2) is 14.4 Å². The number of terminal acetylenes is 1. The number of aromatic nitrogens is 2. The van der Waals surface area contributed by atoms with E-state index in [1.807, 2.05) is 0 Å². The molecule has 0 fully saturated rings. The normalized spacial score (nSPS) is 9.80. The SMILES string of the molecule is C#CCOc1cc2ncnc(Nc3cccc(F)c3)c2cc1OC.Cl. The van der Waals surface area contributed by atoms with Crippen LogP contribution in [-0.4, -0.2) is 23.7 Å². The van der Waals surface area contributed by atoms with Gasteiger partial charge >= 0.3 is 0 Å². The molecule has 0 amide bonds. The van der Waals surface area contributed by atoms with Crippen molar-refractivity contribution in [3.05, 3.63) is 48.5 Å². The first-order valence-corrected chi connectivity index (χ1v) is 7.13. The van der Waals surface area contributed by atoms with Gasteiger partial charge in [-0.1, -0.05) is 12.0 Å². The second kappa shape index (κ2) is 8.18. The summed E-state index contributed by atoms with van der Waals surface area (Å²) in [6, 6.07) is 9.61. The predicted molar refractivity (Wildman–Crippen MR) is 97.3 cm³/mol. The Balaban J connectivity index is 0.00000225. The quantitative estimate of drug-likeness (QED) is 0.699. The van der Waals surface area contributed by atoms with E-state index in [1.54, 1.807) is 24.3 Å². The van der Waals surface area contributed by atoms with Gasteiger partial charge in [-0.05, 0) is 24.3 Å². The summed E-state index contributed by atoms with van der Waals surface area (Å²) >= 11 is 0. The Labute approximate surface area is 150 Å². The van der Waals surface area contributed by atoms with E-state index in [2.05, 4.69) is 21.2 Å². The van der Waals surface area contributed by atoms with Gasteiger partial charge in [0.25, 0.3) is 0 Å². The summed E-state index contributed by atoms with van der Waals surface area (Å²) in [7, 11) is 1.54. The number of halogens is 2. The van der Waals surface area contributed by atoms with Gasteiger partial charge in [0.2, 0.25) is 0 Å². The molecule has 0 unspecified atom stereocenters. The Morgan fingerprint density at radius 2 is 2.04 bits per heavy atom. The van der Waals surface area contributed by atoms with Crippen LogP contribution < -0.4 is 14.8 Å². The maximum Gasteiger partial charge on any atom is 0.164 e. The molecule has 0 aliphatic rings. The van der Waals surface area contributed by atoms with E-state index in [9.17, 15) is 4.39 Å². The number of ether oxygens (including phenoxy) is 2. The molecule has 0 aliphatic carbocycles. The van der Waals surface area contributed by atoms with Gasteiger partial charge in [-0.2, -0.15) is 0 Å². The zero-order valence-electron chi connectivity index (χ0n) is 13.3. The Kier molecular flexibility index (Phi) is 5.98. The lowest BCUT2D eigenvalue weighted by Crippen LogP contribution is -2.00. The van der Waals surface area contributed by atoms with Crippen molar-refractivity contribution in [3.8, 4) is 23.8 Å². The topological polar surface area (TPSA) is 56.3 Å². The van der Waals surface area contributed by atoms with Crippen LogP contribution in [-0.2, 0) is 0 Å². The van der Waals surface area contributed by atoms with Crippen molar-refractivity contribution in [3.63, 3.8) is 0 Å². The van der Waals surface area contributed by atoms with Crippen LogP contribution >= 0.6 is 12.4 Å². The van der Waals surface area contributed by atoms with Crippen LogP contribution in [0.3, 0.4) is 0 Å². The highest BCUT2D eigenvalue weighted by Gasteiger charge is 2.11. The third-order valence-corrected chi connectivity index (χ3v) is 3.32. The molecule has 5 nitrogen and oxygen atoms in total. The molecule has 0 radical (unpaired) electrons. The lowest BCUT2D eigenvalue weighted by Gasteiger charge is -2.12. The first-order chi connectivity index (χ1) is 11.7. The summed E-state index contributed by atoms with van der Waals surface area (Å²) in [6.45, 7) is 0.126. The van der Waals surface area contributed by atoms with Crippen molar-refractivity contribution in [2.45, 2.75) is 0 Å². The molecule has 2 aromatic carbocycles. The second-order valence-electron chi connectivity index (χ2n) is 4.87. The highest BCUT2D eigenvalue weighted by atomic mass is 35.5. The Morgan fingerprint density at radius 1 is 1.20 bits per heavy atom. The number of nitrogens with zero attached hydrogens (tertiary/aromatic N) is 2. The van der Waals surface area contributed by atoms with Crippen molar-refractivity contribution >= 4 is 34.8 Å². The van der Waals surface area contributed by atoms with Crippen molar-refractivity contribution < 1.29 is 13.9 Å². The maximum atomic E-state index is 13.3. The van der Waals surface area contributed by atoms with E-state index in [1.165, 1.54) is 25.6 Å². The molecular weight excluding hydrogens is 345 g/mol. The van der Waals surface area contributed by atoms with Gasteiger partial charge in [0.05, 0.1) is 12.6 Å². The van der Waals surface area contributed by atoms with Crippen molar-refractivity contribution in [2.75, 3.05) is 19.0 Å². The summed E-state index contributed by atoms with van der Waals surface area (Å²) in [4.78, 5) is 8.46. The Hall–Kier alpha value is -3.04. The number of hydrogen-bond acceptors (Lipinski definition) is 5. The van der Waals surface area contributed by atoms with E-state index in [0.717, 1.165) is 0 Å². The zero-order valence-corrected chi connectivity index (χ0v) is 14.1. The zero-order chi connectivity index (χ0) is 16.9. The fourth-order valence-corrected chi connectivity index (χ4v) is 2.26. The molecule has 0 atom stereocenters. The molecule has 3 rings (SSSR count). The van der Waals surface area contributed by atoms with Gasteiger partial charge in [-0.15, -0.1) is 18.8 Å². The Bertz CT molecular complexity index is 928. The maximum absolute atomic E-state index is 13.3. The molecule has 3 aromatic rings. The minimum Gasteiger partial charge on any atom is -0.493 e. The average molecular weight is 360 g/mol. The molecule has 0 aliphatic heterocycles. The molecule has 0 saturated carbocycles. The van der Waals surface area contributed by atoms with Gasteiger partial charge in [0.1, 0.15) is 24.6 Å². The van der Waals surface area contributed by atoms with Gasteiger partial charge < -0.3 is 14.8 Å². The van der Waals surface area contributed by atoms with Crippen LogP contribution in [0.25, 0.3) is 10.9 Å². The summed E-state index contributed by atoms with van der Waals surface area (Å²) in [5.74, 6) is 3.62. The highest BCUT2D eigenvalue weighted by molar-refractivity contribution is 5.93. The minimum absolute atomic E-state index is 0. The number of benzene rings is 2. The Morgan fingerprint density at radius 3 is 2.76 bits per heavy atom. The van der Waals surface area contributed by atoms with Crippen LogP contribution in [0.4, 0.5) is 15.9 Å². The molecule has 0 bridgehead atoms. The highest BCUT2D eigenvalue weighted by Crippen LogP contribution is 2.34. The van der Waals surface area contributed by atoms with Crippen molar-refractivity contribution in [2.24, 2.45) is 0 Å². The first kappa shape index (κ1) is 18.3. The van der Waals surface area contributed by atoms with Crippen LogP contribution in [0.1, 0.15) is 0 Å². The van der Waals surface area contributed by atoms with E-state index in [-0.39, 0.29) is 24.8 Å². The fourth-order valence-electron chi connectivity index (χ4n) is 2.26. The van der Waals surface area contributed by atoms with Crippen molar-refractivity contribution in [1.29, 1.82) is 0 Å². The third kappa shape index (κ3) is 4.08. The standard InChI is InChI=1S/C18H14FN3O2.ClH/c1-3-7-24-17-10-15-14(9-16(17)23-2)18(21-11-20-15)22-13-6-4-5-12(19)8-13;/h1,4-6,8-11H,7H2,2H3,(H,20,21,22);1H. The predicted octanol–water partition coefficient (Wildman–Crippen LogP) is 3.95. The van der Waals surface area contributed by atoms with Crippen molar-refractivity contribution in [1.82, 2.24) is 9.97 Å². The number of rotatable bonds is 5. The van der Waals surface area contributed by atoms with Gasteiger partial charge in [-0.3, -0.25) is 0 Å². The lowest BCUT2D eigenvalue weighted by molar-refractivity contribution is 0.331. The largest absolute Gasteiger partial charge is 0.493 e.